The number of rotatable bonds is 2. The van der Waals surface area contributed by atoms with E-state index in [-0.39, 0.29) is 0 Å². The van der Waals surface area contributed by atoms with Gasteiger partial charge in [0.15, 0.2) is 0 Å². The van der Waals surface area contributed by atoms with E-state index in [1.54, 1.807) is 0 Å². The van der Waals surface area contributed by atoms with E-state index in [0.717, 1.165) is 11.5 Å². The van der Waals surface area contributed by atoms with Crippen molar-refractivity contribution < 1.29 is 4.43 Å². The Kier molecular flexibility index (Phi) is 3.40. The van der Waals surface area contributed by atoms with Crippen molar-refractivity contribution in [1.82, 2.24) is 0 Å². The summed E-state index contributed by atoms with van der Waals surface area (Å²) in [5.41, 5.74) is 0. The average Bonchev–Trinajstić information content (AvgIpc) is 1.85. The lowest BCUT2D eigenvalue weighted by Gasteiger charge is -2.23. The van der Waals surface area contributed by atoms with Crippen molar-refractivity contribution in [3.8, 4) is 0 Å². The third-order valence-electron chi connectivity index (χ3n) is 1.10. The van der Waals surface area contributed by atoms with Gasteiger partial charge in [0.05, 0.1) is 11.5 Å². The lowest BCUT2D eigenvalue weighted by atomic mass is 10.5. The number of hydrogen-bond acceptors (Lipinski definition) is 3. The lowest BCUT2D eigenvalue weighted by Crippen LogP contribution is -2.25. The molecule has 0 saturated heterocycles. The van der Waals surface area contributed by atoms with Crippen LogP contribution in [0.3, 0.4) is 0 Å². The van der Waals surface area contributed by atoms with E-state index < -0.39 is 8.32 Å². The predicted molar refractivity (Wildman–Crippen MR) is 57.4 cm³/mol. The van der Waals surface area contributed by atoms with Crippen LogP contribution in [-0.2, 0) is 4.43 Å². The Morgan fingerprint density at radius 1 is 1.36 bits per heavy atom. The molecule has 1 aliphatic heterocycles. The first-order valence-electron chi connectivity index (χ1n) is 3.70. The van der Waals surface area contributed by atoms with Gasteiger partial charge in [-0.05, 0) is 25.7 Å². The highest BCUT2D eigenvalue weighted by molar-refractivity contribution is 8.76. The highest BCUT2D eigenvalue weighted by atomic mass is 33.1. The topological polar surface area (TPSA) is 9.23 Å². The lowest BCUT2D eigenvalue weighted by molar-refractivity contribution is 0.426. The van der Waals surface area contributed by atoms with Gasteiger partial charge in [0.1, 0.15) is 0 Å². The van der Waals surface area contributed by atoms with Crippen LogP contribution < -0.4 is 0 Å². The maximum atomic E-state index is 5.84. The standard InChI is InChI=1S/C7H14OS2Si/c1-11(2,3)8-7-4-5-9-10-6-7/h4H,5-6H2,1-3H3. The Morgan fingerprint density at radius 2 is 2.09 bits per heavy atom. The van der Waals surface area contributed by atoms with Crippen molar-refractivity contribution in [1.29, 1.82) is 0 Å². The van der Waals surface area contributed by atoms with E-state index >= 15 is 0 Å². The minimum absolute atomic E-state index is 1.05. The van der Waals surface area contributed by atoms with E-state index in [4.69, 9.17) is 4.43 Å². The highest BCUT2D eigenvalue weighted by Gasteiger charge is 2.18. The molecule has 1 aliphatic rings. The molecule has 1 heterocycles. The first kappa shape index (κ1) is 9.54. The SMILES string of the molecule is C[Si](C)(C)OC1=CCSSC1. The minimum atomic E-state index is -1.34. The summed E-state index contributed by atoms with van der Waals surface area (Å²) in [5, 5.41) is 0. The summed E-state index contributed by atoms with van der Waals surface area (Å²) in [6, 6.07) is 0. The van der Waals surface area contributed by atoms with Gasteiger partial charge >= 0.3 is 0 Å². The van der Waals surface area contributed by atoms with E-state index in [9.17, 15) is 0 Å². The average molecular weight is 206 g/mol. The maximum Gasteiger partial charge on any atom is 0.241 e. The first-order valence-corrected chi connectivity index (χ1v) is 9.60. The van der Waals surface area contributed by atoms with Crippen molar-refractivity contribution in [3.05, 3.63) is 11.8 Å². The molecule has 0 aromatic carbocycles. The van der Waals surface area contributed by atoms with Gasteiger partial charge < -0.3 is 4.43 Å². The molecule has 0 spiro atoms. The molecule has 0 N–H and O–H groups in total. The summed E-state index contributed by atoms with van der Waals surface area (Å²) in [6.07, 6.45) is 2.21. The zero-order valence-electron chi connectivity index (χ0n) is 7.22. The van der Waals surface area contributed by atoms with Crippen LogP contribution in [0.5, 0.6) is 0 Å². The Balaban J connectivity index is 2.42. The fraction of sp³-hybridized carbons (Fsp3) is 0.714. The summed E-state index contributed by atoms with van der Waals surface area (Å²) in [6.45, 7) is 6.67. The summed E-state index contributed by atoms with van der Waals surface area (Å²) in [7, 11) is 2.45. The van der Waals surface area contributed by atoms with Crippen LogP contribution in [0, 0.1) is 0 Å². The van der Waals surface area contributed by atoms with E-state index in [1.807, 2.05) is 21.6 Å². The monoisotopic (exact) mass is 206 g/mol. The van der Waals surface area contributed by atoms with Crippen LogP contribution in [-0.4, -0.2) is 19.8 Å². The molecule has 11 heavy (non-hydrogen) atoms. The van der Waals surface area contributed by atoms with Crippen molar-refractivity contribution in [2.24, 2.45) is 0 Å². The Hall–Kier alpha value is 0.457. The van der Waals surface area contributed by atoms with Crippen LogP contribution in [0.15, 0.2) is 11.8 Å². The second kappa shape index (κ2) is 3.91. The smallest absolute Gasteiger partial charge is 0.241 e. The fourth-order valence-corrected chi connectivity index (χ4v) is 3.66. The summed E-state index contributed by atoms with van der Waals surface area (Å²) in [5.74, 6) is 3.35. The molecule has 64 valence electrons. The van der Waals surface area contributed by atoms with Gasteiger partial charge in [-0.3, -0.25) is 0 Å². The van der Waals surface area contributed by atoms with Crippen molar-refractivity contribution in [2.45, 2.75) is 19.6 Å². The van der Waals surface area contributed by atoms with Crippen LogP contribution in [0.4, 0.5) is 0 Å². The predicted octanol–water partition coefficient (Wildman–Crippen LogP) is 3.12. The van der Waals surface area contributed by atoms with Crippen LogP contribution in [0.1, 0.15) is 0 Å². The van der Waals surface area contributed by atoms with Gasteiger partial charge in [-0.1, -0.05) is 21.6 Å². The third kappa shape index (κ3) is 4.13. The molecule has 0 aromatic rings. The summed E-state index contributed by atoms with van der Waals surface area (Å²) >= 11 is 0. The Labute approximate surface area is 77.5 Å². The van der Waals surface area contributed by atoms with Crippen LogP contribution in [0.2, 0.25) is 19.6 Å². The first-order chi connectivity index (χ1) is 5.08. The molecule has 0 saturated carbocycles. The molecule has 1 rings (SSSR count). The molecule has 0 fully saturated rings. The molecule has 0 radical (unpaired) electrons. The zero-order valence-corrected chi connectivity index (χ0v) is 9.85. The molecule has 1 nitrogen and oxygen atoms in total. The second-order valence-corrected chi connectivity index (χ2v) is 10.4. The van der Waals surface area contributed by atoms with Gasteiger partial charge in [0.2, 0.25) is 8.32 Å². The molecule has 0 unspecified atom stereocenters. The largest absolute Gasteiger partial charge is 0.547 e. The Bertz CT molecular complexity index is 162. The van der Waals surface area contributed by atoms with Crippen molar-refractivity contribution in [3.63, 3.8) is 0 Å². The van der Waals surface area contributed by atoms with Gasteiger partial charge in [-0.25, -0.2) is 0 Å². The molecule has 4 heteroatoms. The van der Waals surface area contributed by atoms with Gasteiger partial charge in [-0.2, -0.15) is 0 Å². The summed E-state index contributed by atoms with van der Waals surface area (Å²) in [4.78, 5) is 0. The summed E-state index contributed by atoms with van der Waals surface area (Å²) < 4.78 is 5.84. The van der Waals surface area contributed by atoms with Gasteiger partial charge in [0, 0.05) is 5.75 Å². The quantitative estimate of drug-likeness (QED) is 0.507. The Morgan fingerprint density at radius 3 is 2.55 bits per heavy atom. The van der Waals surface area contributed by atoms with Crippen molar-refractivity contribution in [2.75, 3.05) is 11.5 Å². The van der Waals surface area contributed by atoms with Crippen LogP contribution in [0.25, 0.3) is 0 Å². The van der Waals surface area contributed by atoms with E-state index in [1.165, 1.54) is 5.76 Å². The molecule has 0 aliphatic carbocycles. The van der Waals surface area contributed by atoms with Crippen LogP contribution >= 0.6 is 21.6 Å². The van der Waals surface area contributed by atoms with Crippen molar-refractivity contribution >= 4 is 29.9 Å². The molecular formula is C7H14OS2Si. The van der Waals surface area contributed by atoms with E-state index in [0.29, 0.717) is 0 Å². The minimum Gasteiger partial charge on any atom is -0.547 e. The van der Waals surface area contributed by atoms with Gasteiger partial charge in [-0.15, -0.1) is 0 Å². The molecule has 0 bridgehead atoms. The molecule has 0 aromatic heterocycles. The van der Waals surface area contributed by atoms with Gasteiger partial charge in [0.25, 0.3) is 0 Å². The molecular weight excluding hydrogens is 192 g/mol. The highest BCUT2D eigenvalue weighted by Crippen LogP contribution is 2.30. The molecule has 0 amide bonds. The zero-order chi connectivity index (χ0) is 8.32. The third-order valence-corrected chi connectivity index (χ3v) is 4.11. The normalized spacial score (nSPS) is 19.4. The van der Waals surface area contributed by atoms with E-state index in [2.05, 4.69) is 25.7 Å². The number of hydrogen-bond donors (Lipinski definition) is 0. The molecule has 0 atom stereocenters. The fourth-order valence-electron chi connectivity index (χ4n) is 0.798. The maximum absolute atomic E-state index is 5.84. The second-order valence-electron chi connectivity index (χ2n) is 3.43.